The largest absolute Gasteiger partial charge is 0.478 e. The third-order valence-electron chi connectivity index (χ3n) is 7.07. The molecule has 252 valence electrons. The van der Waals surface area contributed by atoms with Crippen molar-refractivity contribution in [1.82, 2.24) is 0 Å². The van der Waals surface area contributed by atoms with Gasteiger partial charge in [-0.2, -0.15) is 0 Å². The van der Waals surface area contributed by atoms with E-state index < -0.39 is 59.2 Å². The van der Waals surface area contributed by atoms with Crippen LogP contribution in [0.25, 0.3) is 11.1 Å². The molecule has 0 spiro atoms. The van der Waals surface area contributed by atoms with Gasteiger partial charge in [0.2, 0.25) is 0 Å². The number of aromatic carboxylic acids is 2. The second kappa shape index (κ2) is 17.4. The Balaban J connectivity index is 2.41. The van der Waals surface area contributed by atoms with Gasteiger partial charge in [-0.1, -0.05) is 52.5 Å². The topological polar surface area (TPSA) is 189 Å². The smallest absolute Gasteiger partial charge is 0.339 e. The molecule has 0 heterocycles. The number of carboxylic acid groups (broad SMARTS) is 2. The molecule has 0 bridgehead atoms. The van der Waals surface area contributed by atoms with Crippen LogP contribution in [0.2, 0.25) is 0 Å². The molecule has 47 heavy (non-hydrogen) atoms. The molecular formula is C34H38O13. The second-order valence-electron chi connectivity index (χ2n) is 11.0. The van der Waals surface area contributed by atoms with Gasteiger partial charge in [-0.3, -0.25) is 0 Å². The van der Waals surface area contributed by atoms with Crippen molar-refractivity contribution in [3.05, 3.63) is 84.0 Å². The summed E-state index contributed by atoms with van der Waals surface area (Å²) in [7, 11) is 1.33. The molecule has 0 aliphatic heterocycles. The zero-order valence-corrected chi connectivity index (χ0v) is 26.6. The zero-order valence-electron chi connectivity index (χ0n) is 26.6. The summed E-state index contributed by atoms with van der Waals surface area (Å²) in [6.45, 7) is 11.7. The second-order valence-corrected chi connectivity index (χ2v) is 11.0. The van der Waals surface area contributed by atoms with Gasteiger partial charge in [0.1, 0.15) is 19.3 Å². The quantitative estimate of drug-likeness (QED) is 0.128. The maximum absolute atomic E-state index is 13.2. The van der Waals surface area contributed by atoms with E-state index in [9.17, 15) is 39.0 Å². The molecule has 2 atom stereocenters. The lowest BCUT2D eigenvalue weighted by Gasteiger charge is -2.28. The summed E-state index contributed by atoms with van der Waals surface area (Å²) in [6.07, 6.45) is 0.999. The monoisotopic (exact) mass is 654 g/mol. The van der Waals surface area contributed by atoms with Gasteiger partial charge in [-0.05, 0) is 47.2 Å². The Morgan fingerprint density at radius 3 is 1.53 bits per heavy atom. The minimum Gasteiger partial charge on any atom is -0.478 e. The number of hydrogen-bond donors (Lipinski definition) is 2. The van der Waals surface area contributed by atoms with Gasteiger partial charge in [0.25, 0.3) is 0 Å². The predicted octanol–water partition coefficient (Wildman–Crippen LogP) is 4.73. The molecule has 2 N–H and O–H groups in total. The van der Waals surface area contributed by atoms with Gasteiger partial charge in [0, 0.05) is 19.3 Å². The molecule has 0 saturated heterocycles. The maximum atomic E-state index is 13.2. The first-order chi connectivity index (χ1) is 22.2. The summed E-state index contributed by atoms with van der Waals surface area (Å²) in [5.41, 5.74) is -1.35. The lowest BCUT2D eigenvalue weighted by Crippen LogP contribution is -2.30. The minimum absolute atomic E-state index is 0.152. The van der Waals surface area contributed by atoms with E-state index in [-0.39, 0.29) is 47.5 Å². The maximum Gasteiger partial charge on any atom is 0.339 e. The van der Waals surface area contributed by atoms with Crippen LogP contribution >= 0.6 is 0 Å². The Bertz CT molecular complexity index is 1520. The molecular weight excluding hydrogens is 616 g/mol. The van der Waals surface area contributed by atoms with Gasteiger partial charge in [-0.15, -0.1) is 0 Å². The summed E-state index contributed by atoms with van der Waals surface area (Å²) in [6, 6.07) is 7.51. The molecule has 0 saturated carbocycles. The standard InChI is InChI=1S/C34H38O13/c1-7-28(35)44-18-22(16-34(4,5)9-3)46-32(41)24-12-10-20(14-26(24)30(37)38)21-11-13-25(27(15-21)31(39)40)33(42)47-23(17-43-6)19-45-29(36)8-2/h7-8,10-15,22-23H,1-2,9,16-19H2,3-6H3,(H,37,38)(H,39,40). The Morgan fingerprint density at radius 1 is 0.723 bits per heavy atom. The van der Waals surface area contributed by atoms with Crippen molar-refractivity contribution in [3.8, 4) is 11.1 Å². The molecule has 0 fully saturated rings. The molecule has 0 aliphatic rings. The van der Waals surface area contributed by atoms with Crippen LogP contribution in [0, 0.1) is 5.41 Å². The van der Waals surface area contributed by atoms with Crippen molar-refractivity contribution in [2.75, 3.05) is 26.9 Å². The minimum atomic E-state index is -1.47. The van der Waals surface area contributed by atoms with Crippen LogP contribution in [0.3, 0.4) is 0 Å². The van der Waals surface area contributed by atoms with Crippen molar-refractivity contribution in [2.45, 2.75) is 45.8 Å². The Kier molecular flexibility index (Phi) is 14.0. The first-order valence-electron chi connectivity index (χ1n) is 14.4. The van der Waals surface area contributed by atoms with Gasteiger partial charge in [0.05, 0.1) is 28.9 Å². The molecule has 13 heteroatoms. The third-order valence-corrected chi connectivity index (χ3v) is 7.07. The highest BCUT2D eigenvalue weighted by Gasteiger charge is 2.29. The van der Waals surface area contributed by atoms with Gasteiger partial charge < -0.3 is 33.9 Å². The summed E-state index contributed by atoms with van der Waals surface area (Å²) >= 11 is 0. The van der Waals surface area contributed by atoms with E-state index in [0.29, 0.717) is 6.42 Å². The van der Waals surface area contributed by atoms with Crippen LogP contribution in [0.1, 0.15) is 75.0 Å². The van der Waals surface area contributed by atoms with Crippen molar-refractivity contribution < 1.29 is 62.7 Å². The fraction of sp³-hybridized carbons (Fsp3) is 0.353. The Hall–Kier alpha value is -5.30. The first-order valence-corrected chi connectivity index (χ1v) is 14.4. The Labute approximate surface area is 271 Å². The molecule has 0 radical (unpaired) electrons. The van der Waals surface area contributed by atoms with E-state index in [1.807, 2.05) is 20.8 Å². The summed E-state index contributed by atoms with van der Waals surface area (Å²) in [5.74, 6) is -6.39. The van der Waals surface area contributed by atoms with E-state index >= 15 is 0 Å². The van der Waals surface area contributed by atoms with Crippen LogP contribution in [0.5, 0.6) is 0 Å². The number of benzene rings is 2. The van der Waals surface area contributed by atoms with Gasteiger partial charge in [0.15, 0.2) is 6.10 Å². The number of carbonyl (C=O) groups is 6. The van der Waals surface area contributed by atoms with E-state index in [0.717, 1.165) is 24.6 Å². The SMILES string of the molecule is C=CC(=O)OCC(COC)OC(=O)c1ccc(-c2ccc(C(=O)OC(COC(=O)C=C)CC(C)(C)CC)c(C(=O)O)c2)cc1C(=O)O. The number of rotatable bonds is 18. The molecule has 2 unspecified atom stereocenters. The molecule has 0 aliphatic carbocycles. The highest BCUT2D eigenvalue weighted by atomic mass is 16.6. The summed E-state index contributed by atoms with van der Waals surface area (Å²) in [4.78, 5) is 73.5. The van der Waals surface area contributed by atoms with Crippen molar-refractivity contribution >= 4 is 35.8 Å². The number of carbonyl (C=O) groups excluding carboxylic acids is 4. The van der Waals surface area contributed by atoms with Crippen LogP contribution in [-0.2, 0) is 33.3 Å². The predicted molar refractivity (Wildman–Crippen MR) is 167 cm³/mol. The lowest BCUT2D eigenvalue weighted by atomic mass is 9.84. The molecule has 2 aromatic rings. The average molecular weight is 655 g/mol. The normalized spacial score (nSPS) is 12.2. The number of hydrogen-bond acceptors (Lipinski definition) is 11. The highest BCUT2D eigenvalue weighted by Crippen LogP contribution is 2.30. The van der Waals surface area contributed by atoms with Crippen molar-refractivity contribution in [3.63, 3.8) is 0 Å². The van der Waals surface area contributed by atoms with Crippen LogP contribution < -0.4 is 0 Å². The van der Waals surface area contributed by atoms with Gasteiger partial charge in [-0.25, -0.2) is 28.8 Å². The fourth-order valence-electron chi connectivity index (χ4n) is 4.25. The molecule has 2 aromatic carbocycles. The van der Waals surface area contributed by atoms with Crippen LogP contribution in [0.4, 0.5) is 0 Å². The fourth-order valence-corrected chi connectivity index (χ4v) is 4.25. The highest BCUT2D eigenvalue weighted by molar-refractivity contribution is 6.05. The van der Waals surface area contributed by atoms with Crippen molar-refractivity contribution in [2.24, 2.45) is 5.41 Å². The van der Waals surface area contributed by atoms with E-state index in [4.69, 9.17) is 23.7 Å². The van der Waals surface area contributed by atoms with Crippen LogP contribution in [0.15, 0.2) is 61.7 Å². The van der Waals surface area contributed by atoms with Gasteiger partial charge >= 0.3 is 35.8 Å². The molecule has 0 aromatic heterocycles. The molecule has 13 nitrogen and oxygen atoms in total. The lowest BCUT2D eigenvalue weighted by molar-refractivity contribution is -0.142. The number of carboxylic acids is 2. The van der Waals surface area contributed by atoms with E-state index in [1.165, 1.54) is 37.4 Å². The zero-order chi connectivity index (χ0) is 35.3. The van der Waals surface area contributed by atoms with E-state index in [2.05, 4.69) is 13.2 Å². The summed E-state index contributed by atoms with van der Waals surface area (Å²) < 4.78 is 25.9. The average Bonchev–Trinajstić information content (AvgIpc) is 3.04. The molecule has 2 rings (SSSR count). The Morgan fingerprint density at radius 2 is 1.15 bits per heavy atom. The molecule has 0 amide bonds. The third kappa shape index (κ3) is 11.2. The van der Waals surface area contributed by atoms with Crippen molar-refractivity contribution in [1.29, 1.82) is 0 Å². The first kappa shape index (κ1) is 37.9. The van der Waals surface area contributed by atoms with Crippen LogP contribution in [-0.4, -0.2) is 85.2 Å². The number of ether oxygens (including phenoxy) is 5. The number of esters is 4. The number of methoxy groups -OCH3 is 1. The summed E-state index contributed by atoms with van der Waals surface area (Å²) in [5, 5.41) is 19.8. The van der Waals surface area contributed by atoms with E-state index in [1.54, 1.807) is 0 Å².